The third kappa shape index (κ3) is 19.8. The maximum atomic E-state index is 12.9. The van der Waals surface area contributed by atoms with Gasteiger partial charge in [0.2, 0.25) is 11.8 Å². The van der Waals surface area contributed by atoms with Gasteiger partial charge in [0.05, 0.1) is 49.5 Å². The van der Waals surface area contributed by atoms with Gasteiger partial charge in [-0.3, -0.25) is 47.9 Å². The normalized spacial score (nSPS) is 21.9. The average Bonchev–Trinajstić information content (AvgIpc) is 4.15. The van der Waals surface area contributed by atoms with Gasteiger partial charge in [0, 0.05) is 87.1 Å². The van der Waals surface area contributed by atoms with Gasteiger partial charge >= 0.3 is 53.7 Å². The predicted octanol–water partition coefficient (Wildman–Crippen LogP) is -0.577. The molecule has 32 heteroatoms. The zero-order valence-corrected chi connectivity index (χ0v) is 46.2. The largest absolute Gasteiger partial charge is 0.492 e. The molecule has 82 heavy (non-hydrogen) atoms. The van der Waals surface area contributed by atoms with Crippen LogP contribution in [0.3, 0.4) is 0 Å². The Kier molecular flexibility index (Phi) is 24.0. The first-order valence-corrected chi connectivity index (χ1v) is 25.4. The lowest BCUT2D eigenvalue weighted by Crippen LogP contribution is -2.60. The summed E-state index contributed by atoms with van der Waals surface area (Å²) in [6.07, 6.45) is -10.8. The van der Waals surface area contributed by atoms with E-state index in [9.17, 15) is 52.7 Å². The van der Waals surface area contributed by atoms with E-state index in [0.717, 1.165) is 64.8 Å². The third-order valence-corrected chi connectivity index (χ3v) is 11.5. The molecule has 1 aromatic carbocycles. The molecule has 2 saturated heterocycles. The Labute approximate surface area is 467 Å². The number of nitrogens with zero attached hydrogens (tertiary/aromatic N) is 6. The van der Waals surface area contributed by atoms with Crippen LogP contribution in [0.4, 0.5) is 0 Å². The highest BCUT2D eigenvalue weighted by molar-refractivity contribution is 5.90. The summed E-state index contributed by atoms with van der Waals surface area (Å²) in [6, 6.07) is 4.30. The molecular formula is C50H64N8O24. The number of carbonyl (C=O) groups is 11. The van der Waals surface area contributed by atoms with E-state index < -0.39 is 140 Å². The van der Waals surface area contributed by atoms with E-state index >= 15 is 0 Å². The maximum absolute atomic E-state index is 12.9. The molecule has 2 N–H and O–H groups in total. The number of methoxy groups -OCH3 is 1. The number of aromatic nitrogens is 6. The number of rotatable bonds is 27. The summed E-state index contributed by atoms with van der Waals surface area (Å²) < 4.78 is 74.0. The van der Waals surface area contributed by atoms with Crippen LogP contribution >= 0.6 is 0 Å². The van der Waals surface area contributed by atoms with E-state index in [1.54, 1.807) is 0 Å². The topological polar surface area (TPSA) is 393 Å². The lowest BCUT2D eigenvalue weighted by Gasteiger charge is -2.44. The molecule has 3 aromatic rings. The molecular weight excluding hydrogens is 1100 g/mol. The van der Waals surface area contributed by atoms with Crippen molar-refractivity contribution >= 4 is 65.5 Å². The Balaban J connectivity index is 1.12. The first kappa shape index (κ1) is 64.0. The van der Waals surface area contributed by atoms with Gasteiger partial charge in [0.15, 0.2) is 49.1 Å². The van der Waals surface area contributed by atoms with Crippen molar-refractivity contribution in [3.8, 4) is 11.5 Å². The highest BCUT2D eigenvalue weighted by Crippen LogP contribution is 2.36. The summed E-state index contributed by atoms with van der Waals surface area (Å²) in [4.78, 5) is 135. The fourth-order valence-electron chi connectivity index (χ4n) is 8.29. The number of benzene rings is 1. The molecule has 5 rings (SSSR count). The van der Waals surface area contributed by atoms with Gasteiger partial charge in [0.25, 0.3) is 0 Å². The fourth-order valence-corrected chi connectivity index (χ4v) is 8.29. The molecule has 2 aliphatic rings. The number of hydrogen-bond acceptors (Lipinski definition) is 28. The molecule has 2 aromatic heterocycles. The van der Waals surface area contributed by atoms with Gasteiger partial charge < -0.3 is 72.2 Å². The molecule has 32 nitrogen and oxygen atoms in total. The van der Waals surface area contributed by atoms with Crippen LogP contribution in [0.1, 0.15) is 102 Å². The molecule has 0 radical (unpaired) electrons. The summed E-state index contributed by atoms with van der Waals surface area (Å²) in [6.45, 7) is 7.90. The highest BCUT2D eigenvalue weighted by atomic mass is 16.7. The molecule has 10 atom stereocenters. The number of carbonyl (C=O) groups excluding carboxylic acids is 11. The summed E-state index contributed by atoms with van der Waals surface area (Å²) in [5.74, 6) is -7.33. The molecule has 448 valence electrons. The van der Waals surface area contributed by atoms with Crippen LogP contribution in [0.25, 0.3) is 0 Å². The fraction of sp³-hybridized carbons (Fsp3) is 0.580. The van der Waals surface area contributed by atoms with Gasteiger partial charge in [-0.15, -0.1) is 10.2 Å². The van der Waals surface area contributed by atoms with E-state index in [-0.39, 0.29) is 69.0 Å². The number of ether oxygens (including phenoxy) is 13. The minimum atomic E-state index is -1.44. The minimum absolute atomic E-state index is 0.0210. The van der Waals surface area contributed by atoms with Crippen LogP contribution < -0.4 is 20.1 Å². The summed E-state index contributed by atoms with van der Waals surface area (Å²) in [7, 11) is 1.19. The van der Waals surface area contributed by atoms with Crippen molar-refractivity contribution in [3.05, 3.63) is 47.5 Å². The molecule has 0 saturated carbocycles. The number of esters is 9. The Morgan fingerprint density at radius 1 is 0.488 bits per heavy atom. The van der Waals surface area contributed by atoms with Crippen molar-refractivity contribution in [1.29, 1.82) is 0 Å². The van der Waals surface area contributed by atoms with E-state index in [1.807, 2.05) is 0 Å². The summed E-state index contributed by atoms with van der Waals surface area (Å²) in [5.41, 5.74) is 0.669. The van der Waals surface area contributed by atoms with Crippen molar-refractivity contribution in [2.45, 2.75) is 142 Å². The molecule has 0 spiro atoms. The monoisotopic (exact) mass is 1160 g/mol. The summed E-state index contributed by atoms with van der Waals surface area (Å²) in [5, 5.41) is 21.8. The SMILES string of the molecule is COC(=O)c1cc(OCCNC(=O)CCc2cn([C@@H]3O[C@H](COC(C)=O)[C@H](OC(C)=O)[C@H](OC(C)=O)[C@H]3OC(C)=O)nn2)cc(OCCNC(=O)CCc2cn([C@@H]3O[C@H](COC(C)=O)[C@H](OC(C)=O)[C@H](OC(C)=O)[C@H]3OC(C)=O)nn2)c1. The molecule has 4 heterocycles. The van der Waals surface area contributed by atoms with Crippen LogP contribution in [0.5, 0.6) is 11.5 Å². The molecule has 2 fully saturated rings. The zero-order valence-electron chi connectivity index (χ0n) is 46.2. The molecule has 2 amide bonds. The van der Waals surface area contributed by atoms with Crippen molar-refractivity contribution in [2.24, 2.45) is 0 Å². The number of nitrogens with one attached hydrogen (secondary N) is 2. The van der Waals surface area contributed by atoms with E-state index in [0.29, 0.717) is 11.4 Å². The van der Waals surface area contributed by atoms with Crippen LogP contribution in [0, 0.1) is 0 Å². The second-order valence-corrected chi connectivity index (χ2v) is 18.1. The Morgan fingerprint density at radius 2 is 0.841 bits per heavy atom. The van der Waals surface area contributed by atoms with E-state index in [4.69, 9.17) is 61.6 Å². The van der Waals surface area contributed by atoms with Crippen molar-refractivity contribution in [3.63, 3.8) is 0 Å². The van der Waals surface area contributed by atoms with Gasteiger partial charge in [-0.05, 0) is 12.1 Å². The van der Waals surface area contributed by atoms with Gasteiger partial charge in [-0.25, -0.2) is 14.2 Å². The lowest BCUT2D eigenvalue weighted by atomic mass is 9.97. The highest BCUT2D eigenvalue weighted by Gasteiger charge is 2.55. The Bertz CT molecular complexity index is 2610. The molecule has 0 aliphatic carbocycles. The number of aryl methyl sites for hydroxylation is 2. The molecule has 0 unspecified atom stereocenters. The van der Waals surface area contributed by atoms with E-state index in [1.165, 1.54) is 37.7 Å². The maximum Gasteiger partial charge on any atom is 0.338 e. The average molecular weight is 1160 g/mol. The summed E-state index contributed by atoms with van der Waals surface area (Å²) >= 11 is 0. The van der Waals surface area contributed by atoms with Crippen molar-refractivity contribution in [1.82, 2.24) is 40.6 Å². The van der Waals surface area contributed by atoms with Crippen molar-refractivity contribution in [2.75, 3.05) is 46.6 Å². The quantitative estimate of drug-likeness (QED) is 0.0548. The zero-order chi connectivity index (χ0) is 60.2. The second-order valence-electron chi connectivity index (χ2n) is 18.1. The van der Waals surface area contributed by atoms with Gasteiger partial charge in [0.1, 0.15) is 50.1 Å². The molecule has 0 bridgehead atoms. The van der Waals surface area contributed by atoms with Crippen LogP contribution in [0.15, 0.2) is 30.6 Å². The van der Waals surface area contributed by atoms with Gasteiger partial charge in [-0.2, -0.15) is 0 Å². The number of hydrogen-bond donors (Lipinski definition) is 2. The Morgan fingerprint density at radius 3 is 1.18 bits per heavy atom. The lowest BCUT2D eigenvalue weighted by molar-refractivity contribution is -0.270. The minimum Gasteiger partial charge on any atom is -0.492 e. The van der Waals surface area contributed by atoms with Crippen LogP contribution in [0.2, 0.25) is 0 Å². The Hall–Kier alpha value is -8.81. The third-order valence-electron chi connectivity index (χ3n) is 11.5. The van der Waals surface area contributed by atoms with E-state index in [2.05, 4.69) is 31.3 Å². The van der Waals surface area contributed by atoms with Crippen LogP contribution in [-0.2, 0) is 113 Å². The smallest absolute Gasteiger partial charge is 0.338 e. The number of amides is 2. The van der Waals surface area contributed by atoms with Crippen LogP contribution in [-0.4, -0.2) is 191 Å². The standard InChI is InChI=1S/C50H64N8O24/c1-25(59)73-23-38-42(75-27(3)61)44(77-29(5)63)46(79-31(7)65)48(81-38)57-21-34(53-55-57)10-12-40(67)51-14-16-71-36-18-33(50(69)70-9)19-37(20-36)72-17-15-52-41(68)13-11-35-22-58(56-54-35)49-47(80-32(8)66)45(78-30(6)64)43(76-28(4)62)39(82-49)24-74-26(2)60/h18-22,38-39,42-49H,10-17,23-24H2,1-9H3,(H,51,67)(H,52,68)/t38-,39-,42+,43+,44+,45+,46-,47-,48-,49-/m1/s1. The van der Waals surface area contributed by atoms with Gasteiger partial charge in [-0.1, -0.05) is 10.4 Å². The van der Waals surface area contributed by atoms with Crippen molar-refractivity contribution < 1.29 is 114 Å². The first-order valence-electron chi connectivity index (χ1n) is 25.4. The first-order chi connectivity index (χ1) is 38.9. The second kappa shape index (κ2) is 30.7. The molecule has 2 aliphatic heterocycles. The predicted molar refractivity (Wildman–Crippen MR) is 266 cm³/mol.